The maximum absolute atomic E-state index is 10.7. The molecule has 2 N–H and O–H groups in total. The molecule has 0 saturated heterocycles. The Morgan fingerprint density at radius 1 is 1.53 bits per heavy atom. The van der Waals surface area contributed by atoms with Crippen LogP contribution in [-0.4, -0.2) is 16.2 Å². The molecule has 1 aromatic heterocycles. The van der Waals surface area contributed by atoms with E-state index < -0.39 is 17.5 Å². The van der Waals surface area contributed by atoms with Crippen molar-refractivity contribution in [1.82, 2.24) is 0 Å². The van der Waals surface area contributed by atoms with E-state index in [4.69, 9.17) is 5.11 Å². The Morgan fingerprint density at radius 2 is 2.12 bits per heavy atom. The Balaban J connectivity index is 2.71. The first kappa shape index (κ1) is 15.1. The predicted molar refractivity (Wildman–Crippen MR) is 75.3 cm³/mol. The van der Waals surface area contributed by atoms with Gasteiger partial charge in [0.15, 0.2) is 0 Å². The molecule has 17 heavy (non-hydrogen) atoms. The second-order valence-electron chi connectivity index (χ2n) is 4.73. The number of carboxylic acids is 1. The molecule has 0 radical (unpaired) electrons. The molecule has 0 bridgehead atoms. The lowest BCUT2D eigenvalue weighted by Crippen LogP contribution is -2.19. The molecule has 3 nitrogen and oxygen atoms in total. The van der Waals surface area contributed by atoms with Gasteiger partial charge in [-0.1, -0.05) is 13.8 Å². The van der Waals surface area contributed by atoms with E-state index in [2.05, 4.69) is 31.9 Å². The van der Waals surface area contributed by atoms with E-state index in [1.165, 1.54) is 11.3 Å². The lowest BCUT2D eigenvalue weighted by molar-refractivity contribution is -0.139. The second-order valence-corrected chi connectivity index (χ2v) is 7.98. The van der Waals surface area contributed by atoms with Gasteiger partial charge in [0.25, 0.3) is 0 Å². The van der Waals surface area contributed by atoms with Gasteiger partial charge in [0.2, 0.25) is 0 Å². The third-order valence-corrected chi connectivity index (χ3v) is 5.73. The molecule has 1 unspecified atom stereocenters. The Bertz CT molecular complexity index is 395. The van der Waals surface area contributed by atoms with Crippen molar-refractivity contribution in [3.05, 3.63) is 19.2 Å². The third kappa shape index (κ3) is 4.69. The summed E-state index contributed by atoms with van der Waals surface area (Å²) >= 11 is 8.19. The van der Waals surface area contributed by atoms with Gasteiger partial charge < -0.3 is 10.2 Å². The molecule has 1 heterocycles. The first-order chi connectivity index (χ1) is 7.71. The van der Waals surface area contributed by atoms with Crippen molar-refractivity contribution in [3.8, 4) is 0 Å². The molecule has 1 atom stereocenters. The summed E-state index contributed by atoms with van der Waals surface area (Å²) in [5.74, 6) is -0.837. The minimum Gasteiger partial charge on any atom is -0.481 e. The molecule has 1 aromatic rings. The zero-order valence-electron chi connectivity index (χ0n) is 9.54. The standard InChI is InChI=1S/C11H14Br2O3S/c1-11(2,5-9(15)16)4-7(14)8-3-6(12)10(13)17-8/h3,7,14H,4-5H2,1-2H3,(H,15,16). The van der Waals surface area contributed by atoms with Crippen LogP contribution in [0.15, 0.2) is 14.3 Å². The van der Waals surface area contributed by atoms with Crippen LogP contribution >= 0.6 is 43.2 Å². The average Bonchev–Trinajstić information content (AvgIpc) is 2.43. The molecule has 96 valence electrons. The average molecular weight is 386 g/mol. The number of aliphatic carboxylic acids is 1. The smallest absolute Gasteiger partial charge is 0.303 e. The number of rotatable bonds is 5. The van der Waals surface area contributed by atoms with Crippen LogP contribution < -0.4 is 0 Å². The molecular weight excluding hydrogens is 372 g/mol. The SMILES string of the molecule is CC(C)(CC(=O)O)CC(O)c1cc(Br)c(Br)s1. The van der Waals surface area contributed by atoms with Crippen LogP contribution in [-0.2, 0) is 4.79 Å². The van der Waals surface area contributed by atoms with Crippen LogP contribution in [0.1, 0.15) is 37.7 Å². The normalized spacial score (nSPS) is 13.7. The quantitative estimate of drug-likeness (QED) is 0.798. The molecule has 1 rings (SSSR count). The predicted octanol–water partition coefficient (Wildman–Crippen LogP) is 4.20. The van der Waals surface area contributed by atoms with E-state index in [0.717, 1.165) is 13.1 Å². The first-order valence-electron chi connectivity index (χ1n) is 5.06. The highest BCUT2D eigenvalue weighted by Crippen LogP contribution is 2.40. The number of aliphatic hydroxyl groups excluding tert-OH is 1. The fraction of sp³-hybridized carbons (Fsp3) is 0.545. The number of hydrogen-bond donors (Lipinski definition) is 2. The maximum atomic E-state index is 10.7. The summed E-state index contributed by atoms with van der Waals surface area (Å²) in [7, 11) is 0. The van der Waals surface area contributed by atoms with Gasteiger partial charge in [-0.25, -0.2) is 0 Å². The molecule has 0 saturated carbocycles. The van der Waals surface area contributed by atoms with Gasteiger partial charge in [0.05, 0.1) is 16.3 Å². The summed E-state index contributed by atoms with van der Waals surface area (Å²) in [6.45, 7) is 3.70. The molecule has 6 heteroatoms. The van der Waals surface area contributed by atoms with Crippen molar-refractivity contribution < 1.29 is 15.0 Å². The van der Waals surface area contributed by atoms with Gasteiger partial charge in [-0.05, 0) is 49.8 Å². The van der Waals surface area contributed by atoms with Crippen LogP contribution in [0.2, 0.25) is 0 Å². The monoisotopic (exact) mass is 384 g/mol. The van der Waals surface area contributed by atoms with Crippen LogP contribution in [0.25, 0.3) is 0 Å². The molecule has 0 fully saturated rings. The van der Waals surface area contributed by atoms with Crippen molar-refractivity contribution in [3.63, 3.8) is 0 Å². The van der Waals surface area contributed by atoms with Crippen LogP contribution in [0.5, 0.6) is 0 Å². The number of thiophene rings is 1. The van der Waals surface area contributed by atoms with Gasteiger partial charge in [-0.3, -0.25) is 4.79 Å². The fourth-order valence-electron chi connectivity index (χ4n) is 1.63. The van der Waals surface area contributed by atoms with Crippen LogP contribution in [0.4, 0.5) is 0 Å². The number of halogens is 2. The van der Waals surface area contributed by atoms with Gasteiger partial charge in [-0.2, -0.15) is 0 Å². The Labute approximate surface area is 121 Å². The summed E-state index contributed by atoms with van der Waals surface area (Å²) in [4.78, 5) is 11.5. The minimum atomic E-state index is -0.837. The fourth-order valence-corrected chi connectivity index (χ4v) is 3.71. The van der Waals surface area contributed by atoms with Crippen molar-refractivity contribution in [2.75, 3.05) is 0 Å². The summed E-state index contributed by atoms with van der Waals surface area (Å²) in [6, 6.07) is 1.86. The van der Waals surface area contributed by atoms with E-state index in [1.54, 1.807) is 0 Å². The van der Waals surface area contributed by atoms with Gasteiger partial charge in [0, 0.05) is 9.35 Å². The summed E-state index contributed by atoms with van der Waals surface area (Å²) in [5.41, 5.74) is -0.422. The lowest BCUT2D eigenvalue weighted by Gasteiger charge is -2.24. The van der Waals surface area contributed by atoms with E-state index in [0.29, 0.717) is 6.42 Å². The maximum Gasteiger partial charge on any atom is 0.303 e. The van der Waals surface area contributed by atoms with Gasteiger partial charge in [0.1, 0.15) is 0 Å². The Morgan fingerprint density at radius 3 is 2.53 bits per heavy atom. The minimum absolute atomic E-state index is 0.0533. The summed E-state index contributed by atoms with van der Waals surface area (Å²) in [5, 5.41) is 18.9. The third-order valence-electron chi connectivity index (χ3n) is 2.37. The topological polar surface area (TPSA) is 57.5 Å². The van der Waals surface area contributed by atoms with E-state index in [9.17, 15) is 9.90 Å². The van der Waals surface area contributed by atoms with Crippen molar-refractivity contribution >= 4 is 49.2 Å². The summed E-state index contributed by atoms with van der Waals surface area (Å²) in [6.07, 6.45) is -0.145. The number of carbonyl (C=O) groups is 1. The highest BCUT2D eigenvalue weighted by atomic mass is 79.9. The molecule has 0 aliphatic heterocycles. The number of hydrogen-bond acceptors (Lipinski definition) is 3. The highest BCUT2D eigenvalue weighted by molar-refractivity contribution is 9.13. The lowest BCUT2D eigenvalue weighted by atomic mass is 9.83. The zero-order chi connectivity index (χ0) is 13.2. The van der Waals surface area contributed by atoms with Gasteiger partial charge in [-0.15, -0.1) is 11.3 Å². The molecular formula is C11H14Br2O3S. The Hall–Kier alpha value is 0.0900. The van der Waals surface area contributed by atoms with E-state index in [-0.39, 0.29) is 6.42 Å². The highest BCUT2D eigenvalue weighted by Gasteiger charge is 2.27. The van der Waals surface area contributed by atoms with Crippen molar-refractivity contribution in [1.29, 1.82) is 0 Å². The van der Waals surface area contributed by atoms with Crippen molar-refractivity contribution in [2.24, 2.45) is 5.41 Å². The second kappa shape index (κ2) is 5.82. The Kier molecular flexibility index (Phi) is 5.19. The molecule has 0 aliphatic rings. The summed E-state index contributed by atoms with van der Waals surface area (Å²) < 4.78 is 1.84. The largest absolute Gasteiger partial charge is 0.481 e. The van der Waals surface area contributed by atoms with Crippen molar-refractivity contribution in [2.45, 2.75) is 32.8 Å². The molecule has 0 amide bonds. The number of aliphatic hydroxyl groups is 1. The molecule has 0 aromatic carbocycles. The molecule has 0 aliphatic carbocycles. The molecule has 0 spiro atoms. The van der Waals surface area contributed by atoms with Gasteiger partial charge >= 0.3 is 5.97 Å². The van der Waals surface area contributed by atoms with E-state index >= 15 is 0 Å². The zero-order valence-corrected chi connectivity index (χ0v) is 13.5. The first-order valence-corrected chi connectivity index (χ1v) is 7.46. The van der Waals surface area contributed by atoms with E-state index in [1.807, 2.05) is 19.9 Å². The van der Waals surface area contributed by atoms with Crippen LogP contribution in [0, 0.1) is 5.41 Å². The number of carboxylic acid groups (broad SMARTS) is 1. The van der Waals surface area contributed by atoms with Crippen LogP contribution in [0.3, 0.4) is 0 Å².